The summed E-state index contributed by atoms with van der Waals surface area (Å²) in [7, 11) is 0. The van der Waals surface area contributed by atoms with Crippen LogP contribution in [0.15, 0.2) is 23.8 Å². The highest BCUT2D eigenvalue weighted by Crippen LogP contribution is 2.47. The second kappa shape index (κ2) is 6.35. The largest absolute Gasteiger partial charge is 0.481 e. The van der Waals surface area contributed by atoms with Crippen LogP contribution in [-0.2, 0) is 4.79 Å². The first kappa shape index (κ1) is 15.9. The van der Waals surface area contributed by atoms with Gasteiger partial charge in [-0.25, -0.2) is 0 Å². The van der Waals surface area contributed by atoms with E-state index in [2.05, 4.69) is 20.4 Å². The minimum Gasteiger partial charge on any atom is -0.481 e. The van der Waals surface area contributed by atoms with E-state index in [4.69, 9.17) is 5.11 Å². The first-order valence-corrected chi connectivity index (χ1v) is 6.62. The van der Waals surface area contributed by atoms with Crippen LogP contribution in [0.1, 0.15) is 33.1 Å². The molecule has 0 heterocycles. The van der Waals surface area contributed by atoms with Crippen molar-refractivity contribution in [1.29, 1.82) is 0 Å². The average molecular weight is 268 g/mol. The van der Waals surface area contributed by atoms with Crippen LogP contribution < -0.4 is 0 Å². The van der Waals surface area contributed by atoms with Gasteiger partial charge in [0.05, 0.1) is 19.6 Å². The monoisotopic (exact) mass is 268 g/mol. The van der Waals surface area contributed by atoms with Crippen molar-refractivity contribution in [2.45, 2.75) is 33.1 Å². The van der Waals surface area contributed by atoms with E-state index in [-0.39, 0.29) is 31.0 Å². The smallest absolute Gasteiger partial charge is 0.304 e. The molecule has 1 rings (SSSR count). The van der Waals surface area contributed by atoms with Gasteiger partial charge in [0.2, 0.25) is 0 Å². The third-order valence-corrected chi connectivity index (χ3v) is 3.89. The molecule has 0 amide bonds. The molecule has 0 radical (unpaired) electrons. The molecule has 4 nitrogen and oxygen atoms in total. The van der Waals surface area contributed by atoms with Crippen LogP contribution in [-0.4, -0.2) is 34.5 Å². The molecule has 1 aliphatic rings. The lowest BCUT2D eigenvalue weighted by atomic mass is 9.87. The number of carboxylic acid groups (broad SMARTS) is 1. The summed E-state index contributed by atoms with van der Waals surface area (Å²) in [5.41, 5.74) is 1.86. The molecule has 1 fully saturated rings. The molecule has 1 saturated carbocycles. The summed E-state index contributed by atoms with van der Waals surface area (Å²) in [6.45, 7) is 7.67. The van der Waals surface area contributed by atoms with Crippen LogP contribution in [0.25, 0.3) is 0 Å². The van der Waals surface area contributed by atoms with E-state index in [1.165, 1.54) is 0 Å². The zero-order chi connectivity index (χ0) is 14.6. The standard InChI is InChI=1S/C15H24O4/c1-4-10-6-15(2,3)7-12(10)13(9-17)11(8-16)5-14(18)19/h4,10-11,16-17H,1,5-9H2,2-3H3,(H,18,19)/t10-,11-/m0/s1. The van der Waals surface area contributed by atoms with Crippen molar-refractivity contribution in [2.24, 2.45) is 17.3 Å². The Hall–Kier alpha value is -1.13. The minimum atomic E-state index is -0.960. The zero-order valence-electron chi connectivity index (χ0n) is 11.7. The van der Waals surface area contributed by atoms with Gasteiger partial charge in [-0.2, -0.15) is 0 Å². The van der Waals surface area contributed by atoms with Gasteiger partial charge in [0.1, 0.15) is 0 Å². The number of rotatable bonds is 6. The van der Waals surface area contributed by atoms with Crippen LogP contribution in [0.4, 0.5) is 0 Å². The van der Waals surface area contributed by atoms with Crippen molar-refractivity contribution in [1.82, 2.24) is 0 Å². The van der Waals surface area contributed by atoms with Crippen molar-refractivity contribution in [2.75, 3.05) is 13.2 Å². The van der Waals surface area contributed by atoms with Crippen molar-refractivity contribution in [3.63, 3.8) is 0 Å². The minimum absolute atomic E-state index is 0.123. The predicted octanol–water partition coefficient (Wildman–Crippen LogP) is 1.98. The van der Waals surface area contributed by atoms with Gasteiger partial charge in [0.25, 0.3) is 0 Å². The number of aliphatic hydroxyl groups excluding tert-OH is 2. The average Bonchev–Trinajstić information content (AvgIpc) is 2.63. The first-order chi connectivity index (χ1) is 8.84. The summed E-state index contributed by atoms with van der Waals surface area (Å²) in [6.07, 6.45) is 3.46. The van der Waals surface area contributed by atoms with E-state index in [0.29, 0.717) is 5.57 Å². The number of aliphatic carboxylic acids is 1. The normalized spacial score (nSPS) is 26.0. The number of carbonyl (C=O) groups is 1. The molecule has 0 aromatic rings. The fourth-order valence-corrected chi connectivity index (χ4v) is 3.02. The quantitative estimate of drug-likeness (QED) is 0.644. The van der Waals surface area contributed by atoms with Crippen molar-refractivity contribution >= 4 is 5.97 Å². The fourth-order valence-electron chi connectivity index (χ4n) is 3.02. The van der Waals surface area contributed by atoms with E-state index in [9.17, 15) is 15.0 Å². The lowest BCUT2D eigenvalue weighted by Crippen LogP contribution is -2.19. The maximum atomic E-state index is 10.8. The third kappa shape index (κ3) is 3.91. The molecule has 1 aliphatic carbocycles. The molecule has 0 unspecified atom stereocenters. The molecule has 108 valence electrons. The molecule has 4 heteroatoms. The fraction of sp³-hybridized carbons (Fsp3) is 0.667. The summed E-state index contributed by atoms with van der Waals surface area (Å²) in [5.74, 6) is -1.30. The van der Waals surface area contributed by atoms with Crippen LogP contribution in [0, 0.1) is 17.3 Å². The summed E-state index contributed by atoms with van der Waals surface area (Å²) < 4.78 is 0. The Morgan fingerprint density at radius 3 is 2.58 bits per heavy atom. The second-order valence-electron chi connectivity index (χ2n) is 6.07. The highest BCUT2D eigenvalue weighted by molar-refractivity contribution is 5.67. The molecule has 0 spiro atoms. The van der Waals surface area contributed by atoms with Gasteiger partial charge in [-0.15, -0.1) is 6.58 Å². The molecular weight excluding hydrogens is 244 g/mol. The summed E-state index contributed by atoms with van der Waals surface area (Å²) in [4.78, 5) is 10.8. The maximum Gasteiger partial charge on any atom is 0.304 e. The number of hydrogen-bond donors (Lipinski definition) is 3. The topological polar surface area (TPSA) is 77.8 Å². The Balaban J connectivity index is 3.12. The Labute approximate surface area is 114 Å². The van der Waals surface area contributed by atoms with Gasteiger partial charge in [0.15, 0.2) is 0 Å². The maximum absolute atomic E-state index is 10.8. The first-order valence-electron chi connectivity index (χ1n) is 6.62. The van der Waals surface area contributed by atoms with Gasteiger partial charge < -0.3 is 15.3 Å². The highest BCUT2D eigenvalue weighted by atomic mass is 16.4. The number of carboxylic acids is 1. The molecule has 3 N–H and O–H groups in total. The SMILES string of the molecule is C=C[C@H]1CC(C)(C)CC1=C(CO)[C@H](CO)CC(=O)O. The Morgan fingerprint density at radius 1 is 1.53 bits per heavy atom. The molecular formula is C15H24O4. The summed E-state index contributed by atoms with van der Waals surface area (Å²) in [6, 6.07) is 0. The van der Waals surface area contributed by atoms with E-state index >= 15 is 0 Å². The van der Waals surface area contributed by atoms with E-state index in [1.807, 2.05) is 6.08 Å². The van der Waals surface area contributed by atoms with Gasteiger partial charge in [-0.3, -0.25) is 4.79 Å². The second-order valence-corrected chi connectivity index (χ2v) is 6.07. The van der Waals surface area contributed by atoms with E-state index < -0.39 is 11.9 Å². The molecule has 0 aliphatic heterocycles. The molecule has 0 saturated heterocycles. The predicted molar refractivity (Wildman–Crippen MR) is 73.6 cm³/mol. The van der Waals surface area contributed by atoms with Gasteiger partial charge in [-0.05, 0) is 29.7 Å². The molecule has 0 aromatic carbocycles. The molecule has 0 bridgehead atoms. The van der Waals surface area contributed by atoms with Crippen LogP contribution in [0.3, 0.4) is 0 Å². The van der Waals surface area contributed by atoms with Gasteiger partial charge in [-0.1, -0.05) is 25.5 Å². The summed E-state index contributed by atoms with van der Waals surface area (Å²) in [5, 5.41) is 27.9. The van der Waals surface area contributed by atoms with Gasteiger partial charge in [0, 0.05) is 5.92 Å². The molecule has 0 aromatic heterocycles. The Kier molecular flexibility index (Phi) is 5.32. The summed E-state index contributed by atoms with van der Waals surface area (Å²) >= 11 is 0. The van der Waals surface area contributed by atoms with Crippen molar-refractivity contribution in [3.05, 3.63) is 23.8 Å². The zero-order valence-corrected chi connectivity index (χ0v) is 11.7. The van der Waals surface area contributed by atoms with Crippen LogP contribution in [0.2, 0.25) is 0 Å². The molecule has 2 atom stereocenters. The highest BCUT2D eigenvalue weighted by Gasteiger charge is 2.36. The Bertz CT molecular complexity index is 382. The number of aliphatic hydroxyl groups is 2. The molecule has 19 heavy (non-hydrogen) atoms. The van der Waals surface area contributed by atoms with Crippen LogP contribution in [0.5, 0.6) is 0 Å². The lowest BCUT2D eigenvalue weighted by Gasteiger charge is -2.20. The lowest BCUT2D eigenvalue weighted by molar-refractivity contribution is -0.138. The van der Waals surface area contributed by atoms with Gasteiger partial charge >= 0.3 is 5.97 Å². The Morgan fingerprint density at radius 2 is 2.16 bits per heavy atom. The van der Waals surface area contributed by atoms with E-state index in [0.717, 1.165) is 18.4 Å². The third-order valence-electron chi connectivity index (χ3n) is 3.89. The van der Waals surface area contributed by atoms with Crippen LogP contribution >= 0.6 is 0 Å². The van der Waals surface area contributed by atoms with Crippen molar-refractivity contribution in [3.8, 4) is 0 Å². The van der Waals surface area contributed by atoms with E-state index in [1.54, 1.807) is 0 Å². The number of hydrogen-bond acceptors (Lipinski definition) is 3. The number of allylic oxidation sites excluding steroid dienone is 2. The van der Waals surface area contributed by atoms with Crippen molar-refractivity contribution < 1.29 is 20.1 Å².